The van der Waals surface area contributed by atoms with E-state index >= 15 is 0 Å². The first kappa shape index (κ1) is 34.9. The summed E-state index contributed by atoms with van der Waals surface area (Å²) in [5.41, 5.74) is -1.67. The van der Waals surface area contributed by atoms with Gasteiger partial charge in [-0.1, -0.05) is 41.5 Å². The molecule has 0 aliphatic heterocycles. The van der Waals surface area contributed by atoms with E-state index in [-0.39, 0.29) is 28.9 Å². The lowest BCUT2D eigenvalue weighted by molar-refractivity contribution is -0.384. The van der Waals surface area contributed by atoms with Gasteiger partial charge in [-0.2, -0.15) is 0 Å². The molecule has 1 rings (SSSR count). The Morgan fingerprint density at radius 2 is 1.18 bits per heavy atom. The van der Waals surface area contributed by atoms with Crippen LogP contribution in [-0.4, -0.2) is 42.3 Å². The van der Waals surface area contributed by atoms with Gasteiger partial charge in [0.15, 0.2) is 6.10 Å². The fourth-order valence-electron chi connectivity index (χ4n) is 3.29. The highest BCUT2D eigenvalue weighted by molar-refractivity contribution is 5.77. The monoisotopic (exact) mass is 565 g/mol. The number of rotatable bonds is 13. The van der Waals surface area contributed by atoms with Crippen LogP contribution in [0.25, 0.3) is 0 Å². The molecule has 0 saturated carbocycles. The van der Waals surface area contributed by atoms with Gasteiger partial charge in [-0.15, -0.1) is 0 Å². The van der Waals surface area contributed by atoms with Crippen LogP contribution in [0.4, 0.5) is 10.5 Å². The Morgan fingerprint density at radius 3 is 1.62 bits per heavy atom. The molecule has 40 heavy (non-hydrogen) atoms. The van der Waals surface area contributed by atoms with Crippen molar-refractivity contribution in [3.8, 4) is 5.75 Å². The summed E-state index contributed by atoms with van der Waals surface area (Å²) < 4.78 is 21.4. The van der Waals surface area contributed by atoms with Crippen molar-refractivity contribution in [3.05, 3.63) is 34.4 Å². The van der Waals surface area contributed by atoms with Crippen LogP contribution in [-0.2, 0) is 23.8 Å². The minimum atomic E-state index is -1.10. The zero-order valence-electron chi connectivity index (χ0n) is 25.8. The average Bonchev–Trinajstić information content (AvgIpc) is 2.82. The molecule has 0 bridgehead atoms. The molecule has 0 amide bonds. The molecular weight excluding hydrogens is 518 g/mol. The second-order valence-electron chi connectivity index (χ2n) is 13.9. The first-order valence-corrected chi connectivity index (χ1v) is 13.6. The largest absolute Gasteiger partial charge is 0.513 e. The lowest BCUT2D eigenvalue weighted by Crippen LogP contribution is -2.38. The molecule has 0 aromatic heterocycles. The molecule has 1 aromatic rings. The van der Waals surface area contributed by atoms with Crippen LogP contribution in [0.3, 0.4) is 0 Å². The van der Waals surface area contributed by atoms with Gasteiger partial charge in [0.1, 0.15) is 19.0 Å². The second-order valence-corrected chi connectivity index (χ2v) is 13.9. The first-order chi connectivity index (χ1) is 18.1. The van der Waals surface area contributed by atoms with E-state index in [0.717, 1.165) is 12.8 Å². The van der Waals surface area contributed by atoms with Crippen LogP contribution in [0, 0.1) is 31.8 Å². The predicted octanol–water partition coefficient (Wildman–Crippen LogP) is 7.27. The zero-order valence-corrected chi connectivity index (χ0v) is 25.8. The summed E-state index contributed by atoms with van der Waals surface area (Å²) in [4.78, 5) is 48.5. The van der Waals surface area contributed by atoms with Gasteiger partial charge >= 0.3 is 18.1 Å². The molecule has 0 N–H and O–H groups in total. The van der Waals surface area contributed by atoms with Gasteiger partial charge in [-0.05, 0) is 76.3 Å². The van der Waals surface area contributed by atoms with Crippen molar-refractivity contribution in [1.29, 1.82) is 0 Å². The molecule has 0 fully saturated rings. The predicted molar refractivity (Wildman–Crippen MR) is 151 cm³/mol. The minimum Gasteiger partial charge on any atom is -0.461 e. The maximum Gasteiger partial charge on any atom is 0.513 e. The molecule has 0 spiro atoms. The lowest BCUT2D eigenvalue weighted by Gasteiger charge is -2.30. The highest BCUT2D eigenvalue weighted by atomic mass is 16.7. The van der Waals surface area contributed by atoms with Crippen molar-refractivity contribution in [1.82, 2.24) is 0 Å². The van der Waals surface area contributed by atoms with E-state index in [1.807, 2.05) is 0 Å². The quantitative estimate of drug-likeness (QED) is 0.0796. The number of nitro groups is 1. The Morgan fingerprint density at radius 1 is 0.725 bits per heavy atom. The third kappa shape index (κ3) is 13.3. The third-order valence-electron chi connectivity index (χ3n) is 6.41. The number of nitro benzene ring substituents is 1. The van der Waals surface area contributed by atoms with Crippen LogP contribution >= 0.6 is 0 Å². The maximum atomic E-state index is 13.1. The van der Waals surface area contributed by atoms with E-state index in [1.54, 1.807) is 27.7 Å². The standard InChI is InChI=1S/C30H47NO9/c1-27(2,3)15-17-29(7,8)24(32)37-19-23(39-25(33)30(9,10)18-16-28(4,5)6)20-38-26(34)40-22-13-11-21(12-14-22)31(35)36/h11-14,23H,15-20H2,1-10H3/t23-/m1/s1. The molecule has 0 radical (unpaired) electrons. The van der Waals surface area contributed by atoms with Gasteiger partial charge in [0.05, 0.1) is 15.8 Å². The van der Waals surface area contributed by atoms with E-state index in [2.05, 4.69) is 41.5 Å². The van der Waals surface area contributed by atoms with Gasteiger partial charge in [0, 0.05) is 12.1 Å². The first-order valence-electron chi connectivity index (χ1n) is 13.6. The van der Waals surface area contributed by atoms with Crippen molar-refractivity contribution in [3.63, 3.8) is 0 Å². The summed E-state index contributed by atoms with van der Waals surface area (Å²) in [5, 5.41) is 10.8. The van der Waals surface area contributed by atoms with Gasteiger partial charge in [0.2, 0.25) is 0 Å². The number of carbonyl (C=O) groups excluding carboxylic acids is 3. The Labute approximate surface area is 238 Å². The number of esters is 2. The summed E-state index contributed by atoms with van der Waals surface area (Å²) in [6.45, 7) is 19.0. The van der Waals surface area contributed by atoms with Gasteiger partial charge in [-0.3, -0.25) is 19.7 Å². The number of non-ortho nitro benzene ring substituents is 1. The third-order valence-corrected chi connectivity index (χ3v) is 6.41. The van der Waals surface area contributed by atoms with Crippen molar-refractivity contribution in [2.45, 2.75) is 101 Å². The number of carbonyl (C=O) groups is 3. The van der Waals surface area contributed by atoms with Crippen LogP contribution in [0.1, 0.15) is 94.9 Å². The molecule has 0 heterocycles. The summed E-state index contributed by atoms with van der Waals surface area (Å²) in [7, 11) is 0. The fourth-order valence-corrected chi connectivity index (χ4v) is 3.29. The number of hydrogen-bond acceptors (Lipinski definition) is 9. The molecule has 1 aromatic carbocycles. The molecule has 1 atom stereocenters. The number of nitrogens with zero attached hydrogens (tertiary/aromatic N) is 1. The Balaban J connectivity index is 2.90. The van der Waals surface area contributed by atoms with E-state index < -0.39 is 46.6 Å². The highest BCUT2D eigenvalue weighted by Crippen LogP contribution is 2.33. The van der Waals surface area contributed by atoms with E-state index in [9.17, 15) is 24.5 Å². The molecule has 10 heteroatoms. The average molecular weight is 566 g/mol. The Bertz CT molecular complexity index is 1020. The van der Waals surface area contributed by atoms with E-state index in [0.29, 0.717) is 12.8 Å². The number of benzene rings is 1. The number of ether oxygens (including phenoxy) is 4. The molecule has 0 aliphatic carbocycles. The van der Waals surface area contributed by atoms with Crippen molar-refractivity contribution < 1.29 is 38.3 Å². The van der Waals surface area contributed by atoms with Gasteiger partial charge in [-0.25, -0.2) is 4.79 Å². The topological polar surface area (TPSA) is 131 Å². The SMILES string of the molecule is CC(C)(C)CCC(C)(C)C(=O)OC[C@H](COC(=O)Oc1ccc([N+](=O)[O-])cc1)OC(=O)C(C)(C)CCC(C)(C)C. The van der Waals surface area contributed by atoms with Gasteiger partial charge < -0.3 is 18.9 Å². The maximum absolute atomic E-state index is 13.1. The zero-order chi connectivity index (χ0) is 30.9. The number of hydrogen-bond donors (Lipinski definition) is 0. The summed E-state index contributed by atoms with van der Waals surface area (Å²) in [6, 6.07) is 4.90. The van der Waals surface area contributed by atoms with Crippen molar-refractivity contribution in [2.24, 2.45) is 21.7 Å². The highest BCUT2D eigenvalue weighted by Gasteiger charge is 2.35. The van der Waals surface area contributed by atoms with Crippen LogP contribution in [0.2, 0.25) is 0 Å². The van der Waals surface area contributed by atoms with Crippen molar-refractivity contribution >= 4 is 23.8 Å². The Hall–Kier alpha value is -3.17. The fraction of sp³-hybridized carbons (Fsp3) is 0.700. The second kappa shape index (κ2) is 13.9. The normalized spacial score (nSPS) is 13.2. The lowest BCUT2D eigenvalue weighted by atomic mass is 9.80. The summed E-state index contributed by atoms with van der Waals surface area (Å²) in [6.07, 6.45) is 0.622. The Kier molecular flexibility index (Phi) is 12.2. The summed E-state index contributed by atoms with van der Waals surface area (Å²) in [5.74, 6) is -0.908. The van der Waals surface area contributed by atoms with E-state index in [1.165, 1.54) is 24.3 Å². The molecule has 0 saturated heterocycles. The van der Waals surface area contributed by atoms with Crippen LogP contribution < -0.4 is 4.74 Å². The smallest absolute Gasteiger partial charge is 0.461 e. The molecule has 226 valence electrons. The van der Waals surface area contributed by atoms with E-state index in [4.69, 9.17) is 18.9 Å². The van der Waals surface area contributed by atoms with Crippen LogP contribution in [0.5, 0.6) is 5.75 Å². The van der Waals surface area contributed by atoms with Crippen LogP contribution in [0.15, 0.2) is 24.3 Å². The molecule has 0 unspecified atom stereocenters. The molecular formula is C30H47NO9. The molecule has 10 nitrogen and oxygen atoms in total. The summed E-state index contributed by atoms with van der Waals surface area (Å²) >= 11 is 0. The molecule has 0 aliphatic rings. The van der Waals surface area contributed by atoms with Gasteiger partial charge in [0.25, 0.3) is 5.69 Å². The minimum absolute atomic E-state index is 0.0237. The van der Waals surface area contributed by atoms with Crippen molar-refractivity contribution in [2.75, 3.05) is 13.2 Å².